The molecule has 19 heavy (non-hydrogen) atoms. The highest BCUT2D eigenvalue weighted by Crippen LogP contribution is 2.20. The van der Waals surface area contributed by atoms with Crippen LogP contribution in [0, 0.1) is 0 Å². The molecule has 2 aromatic rings. The summed E-state index contributed by atoms with van der Waals surface area (Å²) >= 11 is 5.97. The molecule has 1 heterocycles. The largest absolute Gasteiger partial charge is 0.478 e. The summed E-state index contributed by atoms with van der Waals surface area (Å²) in [4.78, 5) is 14.8. The van der Waals surface area contributed by atoms with Crippen molar-refractivity contribution in [3.8, 4) is 0 Å². The van der Waals surface area contributed by atoms with Crippen LogP contribution in [0.2, 0.25) is 5.02 Å². The lowest BCUT2D eigenvalue weighted by Crippen LogP contribution is -2.07. The van der Waals surface area contributed by atoms with E-state index >= 15 is 0 Å². The van der Waals surface area contributed by atoms with Crippen LogP contribution in [0.15, 0.2) is 42.6 Å². The minimum absolute atomic E-state index is 0.0820. The summed E-state index contributed by atoms with van der Waals surface area (Å²) in [6, 6.07) is 11.4. The lowest BCUT2D eigenvalue weighted by Gasteiger charge is -2.07. The minimum Gasteiger partial charge on any atom is -0.478 e. The second kappa shape index (κ2) is 6.20. The molecule has 1 aromatic carbocycles. The van der Waals surface area contributed by atoms with Crippen molar-refractivity contribution < 1.29 is 9.90 Å². The maximum atomic E-state index is 10.7. The van der Waals surface area contributed by atoms with E-state index in [0.29, 0.717) is 17.4 Å². The first-order valence-corrected chi connectivity index (χ1v) is 6.21. The van der Waals surface area contributed by atoms with E-state index < -0.39 is 5.97 Å². The molecule has 0 atom stereocenters. The Morgan fingerprint density at radius 2 is 2.05 bits per heavy atom. The molecule has 0 bridgehead atoms. The van der Waals surface area contributed by atoms with E-state index in [1.807, 2.05) is 30.3 Å². The fraction of sp³-hybridized carbons (Fsp3) is 0.143. The topological polar surface area (TPSA) is 62.2 Å². The van der Waals surface area contributed by atoms with E-state index in [0.717, 1.165) is 6.42 Å². The maximum Gasteiger partial charge on any atom is 0.337 e. The van der Waals surface area contributed by atoms with Gasteiger partial charge in [-0.25, -0.2) is 9.78 Å². The van der Waals surface area contributed by atoms with Crippen LogP contribution in [-0.4, -0.2) is 22.6 Å². The summed E-state index contributed by atoms with van der Waals surface area (Å²) < 4.78 is 0. The summed E-state index contributed by atoms with van der Waals surface area (Å²) in [6.07, 6.45) is 2.14. The molecule has 1 aromatic heterocycles. The van der Waals surface area contributed by atoms with Gasteiger partial charge >= 0.3 is 5.97 Å². The smallest absolute Gasteiger partial charge is 0.337 e. The Labute approximate surface area is 116 Å². The number of halogens is 1. The van der Waals surface area contributed by atoms with E-state index in [-0.39, 0.29) is 5.56 Å². The van der Waals surface area contributed by atoms with Crippen molar-refractivity contribution in [1.29, 1.82) is 0 Å². The fourth-order valence-corrected chi connectivity index (χ4v) is 1.89. The van der Waals surface area contributed by atoms with Gasteiger partial charge in [-0.1, -0.05) is 41.9 Å². The Balaban J connectivity index is 1.95. The van der Waals surface area contributed by atoms with Gasteiger partial charge in [0.25, 0.3) is 0 Å². The normalized spacial score (nSPS) is 10.2. The first-order chi connectivity index (χ1) is 9.16. The van der Waals surface area contributed by atoms with Gasteiger partial charge in [0.15, 0.2) is 0 Å². The van der Waals surface area contributed by atoms with Crippen molar-refractivity contribution in [2.24, 2.45) is 0 Å². The Bertz CT molecular complexity index is 573. The van der Waals surface area contributed by atoms with Gasteiger partial charge in [-0.3, -0.25) is 0 Å². The van der Waals surface area contributed by atoms with Crippen LogP contribution in [0.3, 0.4) is 0 Å². The van der Waals surface area contributed by atoms with E-state index in [1.165, 1.54) is 17.8 Å². The molecule has 2 rings (SSSR count). The average molecular weight is 277 g/mol. The minimum atomic E-state index is -1.04. The SMILES string of the molecule is O=C(O)c1cnc(NCCc2ccccc2)c(Cl)c1. The lowest BCUT2D eigenvalue weighted by molar-refractivity contribution is 0.0696. The first kappa shape index (κ1) is 13.4. The van der Waals surface area contributed by atoms with Gasteiger partial charge in [0.1, 0.15) is 5.82 Å². The quantitative estimate of drug-likeness (QED) is 0.881. The van der Waals surface area contributed by atoms with Gasteiger partial charge in [-0.05, 0) is 18.1 Å². The molecule has 2 N–H and O–H groups in total. The zero-order chi connectivity index (χ0) is 13.7. The second-order valence-corrected chi connectivity index (χ2v) is 4.43. The van der Waals surface area contributed by atoms with E-state index in [1.54, 1.807) is 0 Å². The molecule has 0 aliphatic rings. The van der Waals surface area contributed by atoms with Crippen LogP contribution >= 0.6 is 11.6 Å². The highest BCUT2D eigenvalue weighted by Gasteiger charge is 2.07. The molecule has 98 valence electrons. The average Bonchev–Trinajstić information content (AvgIpc) is 2.41. The molecule has 0 fully saturated rings. The summed E-state index contributed by atoms with van der Waals surface area (Å²) in [5.74, 6) is -0.534. The van der Waals surface area contributed by atoms with E-state index in [9.17, 15) is 4.79 Å². The number of pyridine rings is 1. The molecule has 5 heteroatoms. The van der Waals surface area contributed by atoms with Gasteiger partial charge in [0, 0.05) is 12.7 Å². The highest BCUT2D eigenvalue weighted by molar-refractivity contribution is 6.33. The van der Waals surface area contributed by atoms with Crippen LogP contribution in [0.25, 0.3) is 0 Å². The number of nitrogens with one attached hydrogen (secondary N) is 1. The number of anilines is 1. The number of hydrogen-bond donors (Lipinski definition) is 2. The summed E-state index contributed by atoms with van der Waals surface area (Å²) in [7, 11) is 0. The van der Waals surface area contributed by atoms with E-state index in [4.69, 9.17) is 16.7 Å². The number of benzene rings is 1. The molecule has 0 radical (unpaired) electrons. The number of carboxylic acids is 1. The van der Waals surface area contributed by atoms with Crippen molar-refractivity contribution in [1.82, 2.24) is 4.98 Å². The van der Waals surface area contributed by atoms with Crippen molar-refractivity contribution >= 4 is 23.4 Å². The maximum absolute atomic E-state index is 10.7. The Morgan fingerprint density at radius 1 is 1.32 bits per heavy atom. The number of aromatic carboxylic acids is 1. The Kier molecular flexibility index (Phi) is 4.36. The summed E-state index contributed by atoms with van der Waals surface area (Å²) in [5.41, 5.74) is 1.30. The number of rotatable bonds is 5. The predicted molar refractivity (Wildman–Crippen MR) is 74.8 cm³/mol. The zero-order valence-corrected chi connectivity index (χ0v) is 10.9. The standard InChI is InChI=1S/C14H13ClN2O2/c15-12-8-11(14(18)19)9-17-13(12)16-7-6-10-4-2-1-3-5-10/h1-5,8-9H,6-7H2,(H,16,17)(H,18,19). The zero-order valence-electron chi connectivity index (χ0n) is 10.1. The molecular formula is C14H13ClN2O2. The van der Waals surface area contributed by atoms with Crippen LogP contribution in [0.5, 0.6) is 0 Å². The number of nitrogens with zero attached hydrogens (tertiary/aromatic N) is 1. The number of carboxylic acid groups (broad SMARTS) is 1. The molecule has 0 spiro atoms. The third kappa shape index (κ3) is 3.69. The molecule has 0 saturated heterocycles. The van der Waals surface area contributed by atoms with E-state index in [2.05, 4.69) is 10.3 Å². The highest BCUT2D eigenvalue weighted by atomic mass is 35.5. The predicted octanol–water partition coefficient (Wildman–Crippen LogP) is 3.09. The van der Waals surface area contributed by atoms with Crippen LogP contribution in [0.1, 0.15) is 15.9 Å². The van der Waals surface area contributed by atoms with Gasteiger partial charge < -0.3 is 10.4 Å². The van der Waals surface area contributed by atoms with Gasteiger partial charge in [-0.15, -0.1) is 0 Å². The molecule has 0 amide bonds. The van der Waals surface area contributed by atoms with Crippen molar-refractivity contribution in [3.05, 3.63) is 58.7 Å². The number of aromatic nitrogens is 1. The van der Waals surface area contributed by atoms with Crippen molar-refractivity contribution in [2.75, 3.05) is 11.9 Å². The van der Waals surface area contributed by atoms with Crippen LogP contribution < -0.4 is 5.32 Å². The van der Waals surface area contributed by atoms with Crippen molar-refractivity contribution in [2.45, 2.75) is 6.42 Å². The molecule has 0 unspecified atom stereocenters. The summed E-state index contributed by atoms with van der Waals surface area (Å²) in [6.45, 7) is 0.684. The van der Waals surface area contributed by atoms with Gasteiger partial charge in [0.2, 0.25) is 0 Å². The fourth-order valence-electron chi connectivity index (χ4n) is 1.65. The molecule has 0 saturated carbocycles. The first-order valence-electron chi connectivity index (χ1n) is 5.83. The van der Waals surface area contributed by atoms with Crippen molar-refractivity contribution in [3.63, 3.8) is 0 Å². The van der Waals surface area contributed by atoms with Crippen LogP contribution in [-0.2, 0) is 6.42 Å². The second-order valence-electron chi connectivity index (χ2n) is 4.02. The number of hydrogen-bond acceptors (Lipinski definition) is 3. The van der Waals surface area contributed by atoms with Gasteiger partial charge in [0.05, 0.1) is 10.6 Å². The molecular weight excluding hydrogens is 264 g/mol. The Hall–Kier alpha value is -2.07. The number of carbonyl (C=O) groups is 1. The third-order valence-corrected chi connectivity index (χ3v) is 2.93. The molecule has 0 aliphatic carbocycles. The molecule has 0 aliphatic heterocycles. The van der Waals surface area contributed by atoms with Gasteiger partial charge in [-0.2, -0.15) is 0 Å². The summed E-state index contributed by atoms with van der Waals surface area (Å²) in [5, 5.41) is 12.2. The third-order valence-electron chi connectivity index (χ3n) is 2.64. The lowest BCUT2D eigenvalue weighted by atomic mass is 10.1. The molecule has 4 nitrogen and oxygen atoms in total. The Morgan fingerprint density at radius 3 is 2.68 bits per heavy atom. The van der Waals surface area contributed by atoms with Crippen LogP contribution in [0.4, 0.5) is 5.82 Å². The monoisotopic (exact) mass is 276 g/mol.